The van der Waals surface area contributed by atoms with Gasteiger partial charge in [-0.05, 0) is 48.7 Å². The highest BCUT2D eigenvalue weighted by Crippen LogP contribution is 2.22. The predicted molar refractivity (Wildman–Crippen MR) is 119 cm³/mol. The van der Waals surface area contributed by atoms with Crippen LogP contribution in [0.25, 0.3) is 5.57 Å². The van der Waals surface area contributed by atoms with E-state index in [2.05, 4.69) is 21.7 Å². The number of aliphatic hydroxyl groups is 2. The molecule has 0 aliphatic carbocycles. The monoisotopic (exact) mass is 435 g/mol. The Hall–Kier alpha value is -3.74. The molecule has 2 heterocycles. The number of benzene rings is 1. The maximum atomic E-state index is 12.5. The van der Waals surface area contributed by atoms with Crippen LogP contribution in [0.5, 0.6) is 0 Å². The molecule has 1 aromatic carbocycles. The van der Waals surface area contributed by atoms with E-state index in [0.717, 1.165) is 18.2 Å². The van der Waals surface area contributed by atoms with Crippen molar-refractivity contribution in [3.8, 4) is 6.07 Å². The summed E-state index contributed by atoms with van der Waals surface area (Å²) >= 11 is 0. The van der Waals surface area contributed by atoms with Crippen molar-refractivity contribution in [2.24, 2.45) is 5.92 Å². The molecule has 2 unspecified atom stereocenters. The first-order valence-corrected chi connectivity index (χ1v) is 10.1. The molecule has 3 rings (SSSR count). The van der Waals surface area contributed by atoms with E-state index in [4.69, 9.17) is 15.4 Å². The molecule has 1 saturated heterocycles. The van der Waals surface area contributed by atoms with Gasteiger partial charge in [0.2, 0.25) is 0 Å². The second-order valence-corrected chi connectivity index (χ2v) is 7.49. The molecular formula is C23H25N5O4. The van der Waals surface area contributed by atoms with E-state index in [1.807, 2.05) is 0 Å². The summed E-state index contributed by atoms with van der Waals surface area (Å²) in [6.07, 6.45) is 3.16. The van der Waals surface area contributed by atoms with Gasteiger partial charge in [-0.25, -0.2) is 4.98 Å². The smallest absolute Gasteiger partial charge is 0.253 e. The Morgan fingerprint density at radius 2 is 2.25 bits per heavy atom. The Morgan fingerprint density at radius 3 is 2.81 bits per heavy atom. The Kier molecular flexibility index (Phi) is 7.54. The second kappa shape index (κ2) is 10.5. The van der Waals surface area contributed by atoms with Gasteiger partial charge in [-0.1, -0.05) is 6.07 Å². The number of nitrogens with zero attached hydrogens (tertiary/aromatic N) is 2. The summed E-state index contributed by atoms with van der Waals surface area (Å²) < 4.78 is 5.32. The minimum atomic E-state index is -0.388. The number of carbonyl (C=O) groups excluding carboxylic acids is 1. The number of ether oxygens (including phenoxy) is 1. The van der Waals surface area contributed by atoms with Crippen LogP contribution in [0, 0.1) is 29.6 Å². The van der Waals surface area contributed by atoms with Gasteiger partial charge in [0.15, 0.2) is 5.88 Å². The molecule has 166 valence electrons. The van der Waals surface area contributed by atoms with E-state index in [1.54, 1.807) is 31.2 Å². The summed E-state index contributed by atoms with van der Waals surface area (Å²) in [5, 5.41) is 42.3. The van der Waals surface area contributed by atoms with Gasteiger partial charge in [0.1, 0.15) is 5.82 Å². The Bertz CT molecular complexity index is 1050. The van der Waals surface area contributed by atoms with Crippen molar-refractivity contribution in [1.29, 1.82) is 10.7 Å². The average molecular weight is 435 g/mol. The third-order valence-electron chi connectivity index (χ3n) is 5.36. The number of pyridine rings is 1. The number of amides is 1. The molecule has 0 bridgehead atoms. The van der Waals surface area contributed by atoms with Crippen LogP contribution in [0.3, 0.4) is 0 Å². The fourth-order valence-corrected chi connectivity index (χ4v) is 3.53. The molecule has 5 N–H and O–H groups in total. The summed E-state index contributed by atoms with van der Waals surface area (Å²) in [6, 6.07) is 9.70. The fraction of sp³-hybridized carbons (Fsp3) is 0.304. The highest BCUT2D eigenvalue weighted by Gasteiger charge is 2.27. The summed E-state index contributed by atoms with van der Waals surface area (Å²) in [4.78, 5) is 16.7. The summed E-state index contributed by atoms with van der Waals surface area (Å²) in [5.41, 5.74) is 2.38. The van der Waals surface area contributed by atoms with Crippen molar-refractivity contribution in [1.82, 2.24) is 10.3 Å². The van der Waals surface area contributed by atoms with Crippen molar-refractivity contribution in [3.05, 3.63) is 64.7 Å². The molecule has 9 heteroatoms. The lowest BCUT2D eigenvalue weighted by molar-refractivity contribution is 0.0877. The summed E-state index contributed by atoms with van der Waals surface area (Å²) in [5.74, 6) is -0.278. The number of carbonyl (C=O) groups is 1. The molecule has 1 aliphatic rings. The van der Waals surface area contributed by atoms with Gasteiger partial charge in [-0.15, -0.1) is 0 Å². The minimum absolute atomic E-state index is 0.0742. The molecule has 32 heavy (non-hydrogen) atoms. The number of nitrogens with one attached hydrogen (secondary N) is 3. The summed E-state index contributed by atoms with van der Waals surface area (Å²) in [7, 11) is 0. The second-order valence-electron chi connectivity index (χ2n) is 7.49. The third-order valence-corrected chi connectivity index (χ3v) is 5.36. The lowest BCUT2D eigenvalue weighted by Gasteiger charge is -2.21. The van der Waals surface area contributed by atoms with Gasteiger partial charge < -0.3 is 31.0 Å². The van der Waals surface area contributed by atoms with Crippen molar-refractivity contribution >= 4 is 23.5 Å². The maximum absolute atomic E-state index is 12.5. The van der Waals surface area contributed by atoms with Gasteiger partial charge in [0.05, 0.1) is 42.0 Å². The zero-order valence-electron chi connectivity index (χ0n) is 17.6. The first-order chi connectivity index (χ1) is 15.5. The first kappa shape index (κ1) is 22.9. The van der Waals surface area contributed by atoms with Crippen molar-refractivity contribution < 1.29 is 19.7 Å². The van der Waals surface area contributed by atoms with E-state index in [1.165, 1.54) is 12.3 Å². The van der Waals surface area contributed by atoms with Crippen LogP contribution in [0.2, 0.25) is 0 Å². The van der Waals surface area contributed by atoms with E-state index < -0.39 is 0 Å². The number of aromatic nitrogens is 1. The molecule has 2 atom stereocenters. The number of nitriles is 1. The van der Waals surface area contributed by atoms with E-state index in [-0.39, 0.29) is 41.7 Å². The van der Waals surface area contributed by atoms with Crippen molar-refractivity contribution in [2.45, 2.75) is 19.4 Å². The maximum Gasteiger partial charge on any atom is 0.253 e. The number of anilines is 1. The van der Waals surface area contributed by atoms with Crippen molar-refractivity contribution in [3.63, 3.8) is 0 Å². The standard InChI is InChI=1S/C23H25N5O4/c1-14-8-15(9-24)2-4-18(14)19(10-25)23(31)28-21-5-3-16(11-26-21)22(30)27-20(12-29)17-6-7-32-13-17/h2-5,8,10-11,17,20,25,29,31H,6-7,12-13H2,1H3,(H,26,28)(H,27,30)/b23-19-,25-10?. The van der Waals surface area contributed by atoms with Gasteiger partial charge in [-0.3, -0.25) is 4.79 Å². The molecule has 1 aromatic heterocycles. The Morgan fingerprint density at radius 1 is 1.44 bits per heavy atom. The van der Waals surface area contributed by atoms with Gasteiger partial charge in [-0.2, -0.15) is 5.26 Å². The zero-order valence-corrected chi connectivity index (χ0v) is 17.6. The number of aryl methyl sites for hydroxylation is 1. The SMILES string of the molecule is Cc1cc(C#N)ccc1/C(C=N)=C(\O)Nc1ccc(C(=O)NC(CO)C2CCOC2)cn1. The number of aliphatic hydroxyl groups excluding tert-OH is 2. The zero-order chi connectivity index (χ0) is 23.1. The van der Waals surface area contributed by atoms with E-state index in [0.29, 0.717) is 29.9 Å². The van der Waals surface area contributed by atoms with Crippen molar-refractivity contribution in [2.75, 3.05) is 25.1 Å². The van der Waals surface area contributed by atoms with Crippen LogP contribution >= 0.6 is 0 Å². The molecule has 1 fully saturated rings. The topological polar surface area (TPSA) is 151 Å². The average Bonchev–Trinajstić information content (AvgIpc) is 3.34. The normalized spacial score (nSPS) is 17.1. The van der Waals surface area contributed by atoms with Gasteiger partial charge in [0, 0.05) is 24.9 Å². The van der Waals surface area contributed by atoms with Crippen LogP contribution in [0.1, 0.15) is 33.5 Å². The van der Waals surface area contributed by atoms with Crippen LogP contribution < -0.4 is 10.6 Å². The largest absolute Gasteiger partial charge is 0.494 e. The van der Waals surface area contributed by atoms with Gasteiger partial charge >= 0.3 is 0 Å². The number of hydrogen-bond donors (Lipinski definition) is 5. The molecule has 0 radical (unpaired) electrons. The molecule has 2 aromatic rings. The van der Waals surface area contributed by atoms with Crippen LogP contribution in [0.15, 0.2) is 42.4 Å². The third kappa shape index (κ3) is 5.29. The lowest BCUT2D eigenvalue weighted by atomic mass is 9.99. The quantitative estimate of drug-likeness (QED) is 0.315. The fourth-order valence-electron chi connectivity index (χ4n) is 3.53. The van der Waals surface area contributed by atoms with Gasteiger partial charge in [0.25, 0.3) is 5.91 Å². The van der Waals surface area contributed by atoms with Crippen LogP contribution in [0.4, 0.5) is 5.82 Å². The molecule has 0 spiro atoms. The summed E-state index contributed by atoms with van der Waals surface area (Å²) in [6.45, 7) is 2.74. The lowest BCUT2D eigenvalue weighted by Crippen LogP contribution is -2.43. The van der Waals surface area contributed by atoms with E-state index in [9.17, 15) is 15.0 Å². The minimum Gasteiger partial charge on any atom is -0.494 e. The molecule has 9 nitrogen and oxygen atoms in total. The Labute approximate surface area is 185 Å². The number of allylic oxidation sites excluding steroid dienone is 1. The van der Waals surface area contributed by atoms with Crippen LogP contribution in [-0.4, -0.2) is 53.2 Å². The number of rotatable bonds is 8. The molecule has 1 aliphatic heterocycles. The van der Waals surface area contributed by atoms with Crippen LogP contribution in [-0.2, 0) is 4.74 Å². The van der Waals surface area contributed by atoms with E-state index >= 15 is 0 Å². The highest BCUT2D eigenvalue weighted by atomic mass is 16.5. The number of hydrogen-bond acceptors (Lipinski definition) is 8. The molecular weight excluding hydrogens is 410 g/mol. The predicted octanol–water partition coefficient (Wildman–Crippen LogP) is 2.38. The highest BCUT2D eigenvalue weighted by molar-refractivity contribution is 6.10. The first-order valence-electron chi connectivity index (χ1n) is 10.1. The Balaban J connectivity index is 1.72. The molecule has 0 saturated carbocycles. The molecule has 1 amide bonds.